The summed E-state index contributed by atoms with van der Waals surface area (Å²) < 4.78 is 16.4. The van der Waals surface area contributed by atoms with E-state index < -0.39 is 5.97 Å². The molecule has 0 saturated heterocycles. The molecule has 3 aromatic rings. The molecule has 0 fully saturated rings. The minimum atomic E-state index is -0.966. The number of carboxylic acid groups (broad SMARTS) is 1. The average molecular weight is 390 g/mol. The molecule has 1 N–H and O–H groups in total. The molecule has 0 spiro atoms. The lowest BCUT2D eigenvalue weighted by molar-refractivity contribution is -0.130. The van der Waals surface area contributed by atoms with Gasteiger partial charge in [-0.2, -0.15) is 0 Å². The zero-order valence-corrected chi connectivity index (χ0v) is 16.1. The molecular formula is C24H22O5. The summed E-state index contributed by atoms with van der Waals surface area (Å²) in [5, 5.41) is 9.50. The molecular weight excluding hydrogens is 368 g/mol. The normalized spacial score (nSPS) is 11.0. The van der Waals surface area contributed by atoms with Crippen molar-refractivity contribution in [3.05, 3.63) is 90.0 Å². The van der Waals surface area contributed by atoms with E-state index >= 15 is 0 Å². The SMILES string of the molecule is COc1ccc(OCCOc2ccc(/C=C(\C(=O)O)c3ccccc3)cc2)cc1. The van der Waals surface area contributed by atoms with Crippen LogP contribution in [0.4, 0.5) is 0 Å². The van der Waals surface area contributed by atoms with Gasteiger partial charge in [0.05, 0.1) is 12.7 Å². The van der Waals surface area contributed by atoms with Crippen LogP contribution >= 0.6 is 0 Å². The second-order valence-electron chi connectivity index (χ2n) is 6.17. The van der Waals surface area contributed by atoms with E-state index in [-0.39, 0.29) is 5.57 Å². The largest absolute Gasteiger partial charge is 0.497 e. The van der Waals surface area contributed by atoms with Crippen molar-refractivity contribution >= 4 is 17.6 Å². The number of hydrogen-bond acceptors (Lipinski definition) is 4. The molecule has 0 aliphatic carbocycles. The maximum atomic E-state index is 11.6. The Balaban J connectivity index is 1.54. The van der Waals surface area contributed by atoms with Crippen molar-refractivity contribution in [2.45, 2.75) is 0 Å². The summed E-state index contributed by atoms with van der Waals surface area (Å²) in [7, 11) is 1.62. The molecule has 29 heavy (non-hydrogen) atoms. The van der Waals surface area contributed by atoms with Crippen LogP contribution in [0.15, 0.2) is 78.9 Å². The molecule has 0 aliphatic heterocycles. The Morgan fingerprint density at radius 1 is 0.793 bits per heavy atom. The Hall–Kier alpha value is -3.73. The lowest BCUT2D eigenvalue weighted by Crippen LogP contribution is -2.08. The molecule has 0 aliphatic rings. The Labute approximate surface area is 169 Å². The zero-order chi connectivity index (χ0) is 20.5. The summed E-state index contributed by atoms with van der Waals surface area (Å²) in [6.45, 7) is 0.802. The Bertz CT molecular complexity index is 945. The van der Waals surface area contributed by atoms with Gasteiger partial charge < -0.3 is 19.3 Å². The van der Waals surface area contributed by atoms with E-state index in [1.807, 2.05) is 66.7 Å². The van der Waals surface area contributed by atoms with Crippen molar-refractivity contribution in [1.29, 1.82) is 0 Å². The Morgan fingerprint density at radius 2 is 1.31 bits per heavy atom. The van der Waals surface area contributed by atoms with E-state index in [4.69, 9.17) is 14.2 Å². The lowest BCUT2D eigenvalue weighted by atomic mass is 10.0. The van der Waals surface area contributed by atoms with Crippen LogP contribution in [0, 0.1) is 0 Å². The fourth-order valence-corrected chi connectivity index (χ4v) is 2.70. The van der Waals surface area contributed by atoms with E-state index in [1.165, 1.54) is 0 Å². The van der Waals surface area contributed by atoms with Gasteiger partial charge in [-0.1, -0.05) is 42.5 Å². The van der Waals surface area contributed by atoms with Gasteiger partial charge in [0.15, 0.2) is 0 Å². The van der Waals surface area contributed by atoms with Crippen molar-refractivity contribution < 1.29 is 24.1 Å². The maximum absolute atomic E-state index is 11.6. The third kappa shape index (κ3) is 5.87. The molecule has 148 valence electrons. The van der Waals surface area contributed by atoms with Crippen LogP contribution in [0.1, 0.15) is 11.1 Å². The highest BCUT2D eigenvalue weighted by Crippen LogP contribution is 2.21. The molecule has 0 saturated carbocycles. The molecule has 0 bridgehead atoms. The molecule has 5 heteroatoms. The third-order valence-corrected chi connectivity index (χ3v) is 4.19. The molecule has 0 heterocycles. The summed E-state index contributed by atoms with van der Waals surface area (Å²) in [5.74, 6) is 1.25. The first-order valence-corrected chi connectivity index (χ1v) is 9.16. The third-order valence-electron chi connectivity index (χ3n) is 4.19. The molecule has 0 unspecified atom stereocenters. The highest BCUT2D eigenvalue weighted by atomic mass is 16.5. The van der Waals surface area contributed by atoms with E-state index in [1.54, 1.807) is 25.3 Å². The molecule has 0 aromatic heterocycles. The molecule has 0 atom stereocenters. The van der Waals surface area contributed by atoms with Crippen molar-refractivity contribution in [2.75, 3.05) is 20.3 Å². The number of hydrogen-bond donors (Lipinski definition) is 1. The predicted octanol–water partition coefficient (Wildman–Crippen LogP) is 4.78. The van der Waals surface area contributed by atoms with Gasteiger partial charge in [0, 0.05) is 0 Å². The van der Waals surface area contributed by atoms with Crippen LogP contribution in [-0.2, 0) is 4.79 Å². The predicted molar refractivity (Wildman–Crippen MR) is 112 cm³/mol. The summed E-state index contributed by atoms with van der Waals surface area (Å²) in [6, 6.07) is 23.7. The molecule has 0 amide bonds. The lowest BCUT2D eigenvalue weighted by Gasteiger charge is -2.09. The second kappa shape index (κ2) is 9.99. The Morgan fingerprint density at radius 3 is 1.83 bits per heavy atom. The number of methoxy groups -OCH3 is 1. The average Bonchev–Trinajstić information content (AvgIpc) is 2.77. The molecule has 3 aromatic carbocycles. The van der Waals surface area contributed by atoms with Gasteiger partial charge in [-0.25, -0.2) is 4.79 Å². The van der Waals surface area contributed by atoms with Gasteiger partial charge in [-0.3, -0.25) is 0 Å². The van der Waals surface area contributed by atoms with Gasteiger partial charge in [0.1, 0.15) is 30.5 Å². The summed E-state index contributed by atoms with van der Waals surface area (Å²) in [6.07, 6.45) is 1.65. The highest BCUT2D eigenvalue weighted by molar-refractivity contribution is 6.20. The van der Waals surface area contributed by atoms with Gasteiger partial charge in [0.25, 0.3) is 0 Å². The molecule has 0 radical (unpaired) electrons. The number of carboxylic acids is 1. The van der Waals surface area contributed by atoms with Crippen LogP contribution < -0.4 is 14.2 Å². The topological polar surface area (TPSA) is 65.0 Å². The minimum absolute atomic E-state index is 0.243. The van der Waals surface area contributed by atoms with Crippen molar-refractivity contribution in [1.82, 2.24) is 0 Å². The van der Waals surface area contributed by atoms with E-state index in [2.05, 4.69) is 0 Å². The minimum Gasteiger partial charge on any atom is -0.497 e. The fourth-order valence-electron chi connectivity index (χ4n) is 2.70. The molecule has 3 rings (SSSR count). The monoisotopic (exact) mass is 390 g/mol. The van der Waals surface area contributed by atoms with Gasteiger partial charge >= 0.3 is 5.97 Å². The van der Waals surface area contributed by atoms with Crippen molar-refractivity contribution in [3.63, 3.8) is 0 Å². The van der Waals surface area contributed by atoms with Crippen molar-refractivity contribution in [2.24, 2.45) is 0 Å². The summed E-state index contributed by atoms with van der Waals surface area (Å²) in [5.41, 5.74) is 1.69. The first-order valence-electron chi connectivity index (χ1n) is 9.16. The number of aliphatic carboxylic acids is 1. The van der Waals surface area contributed by atoms with Crippen LogP contribution in [0.3, 0.4) is 0 Å². The van der Waals surface area contributed by atoms with Crippen LogP contribution in [0.2, 0.25) is 0 Å². The fraction of sp³-hybridized carbons (Fsp3) is 0.125. The smallest absolute Gasteiger partial charge is 0.336 e. The van der Waals surface area contributed by atoms with Crippen LogP contribution in [0.25, 0.3) is 11.6 Å². The van der Waals surface area contributed by atoms with Crippen LogP contribution in [-0.4, -0.2) is 31.4 Å². The van der Waals surface area contributed by atoms with Gasteiger partial charge in [0.2, 0.25) is 0 Å². The van der Waals surface area contributed by atoms with Crippen LogP contribution in [0.5, 0.6) is 17.2 Å². The number of carbonyl (C=O) groups is 1. The number of rotatable bonds is 9. The summed E-state index contributed by atoms with van der Waals surface area (Å²) >= 11 is 0. The van der Waals surface area contributed by atoms with E-state index in [0.717, 1.165) is 17.1 Å². The maximum Gasteiger partial charge on any atom is 0.336 e. The standard InChI is InChI=1S/C24H22O5/c1-27-20-11-13-22(14-12-20)29-16-15-28-21-9-7-18(8-10-21)17-23(24(25)26)19-5-3-2-4-6-19/h2-14,17H,15-16H2,1H3,(H,25,26)/b23-17-. The Kier molecular flexibility index (Phi) is 6.90. The van der Waals surface area contributed by atoms with Gasteiger partial charge in [-0.15, -0.1) is 0 Å². The number of benzene rings is 3. The van der Waals surface area contributed by atoms with Crippen molar-refractivity contribution in [3.8, 4) is 17.2 Å². The highest BCUT2D eigenvalue weighted by Gasteiger charge is 2.09. The first-order chi connectivity index (χ1) is 14.2. The second-order valence-corrected chi connectivity index (χ2v) is 6.17. The van der Waals surface area contributed by atoms with E-state index in [0.29, 0.717) is 24.5 Å². The van der Waals surface area contributed by atoms with E-state index in [9.17, 15) is 9.90 Å². The number of ether oxygens (including phenoxy) is 3. The first kappa shape index (κ1) is 20.0. The zero-order valence-electron chi connectivity index (χ0n) is 16.1. The quantitative estimate of drug-likeness (QED) is 0.324. The summed E-state index contributed by atoms with van der Waals surface area (Å²) in [4.78, 5) is 11.6. The van der Waals surface area contributed by atoms with Gasteiger partial charge in [-0.05, 0) is 53.6 Å². The molecule has 5 nitrogen and oxygen atoms in total.